The highest BCUT2D eigenvalue weighted by Gasteiger charge is 1.83. The Kier molecular flexibility index (Phi) is 12.0. The molecule has 0 rings (SSSR count). The summed E-state index contributed by atoms with van der Waals surface area (Å²) in [5.41, 5.74) is 0. The van der Waals surface area contributed by atoms with Crippen LogP contribution < -0.4 is 0 Å². The number of hydrogen-bond donors (Lipinski definition) is 0. The molecule has 14 heavy (non-hydrogen) atoms. The minimum atomic E-state index is 1.02. The topological polar surface area (TPSA) is 0 Å². The minimum Gasteiger partial charge on any atom is -0.0885 e. The molecule has 0 aliphatic heterocycles. The lowest BCUT2D eigenvalue weighted by molar-refractivity contribution is 0.758. The zero-order valence-corrected chi connectivity index (χ0v) is 9.67. The molecule has 0 spiro atoms. The summed E-state index contributed by atoms with van der Waals surface area (Å²) in [6, 6.07) is 0. The van der Waals surface area contributed by atoms with Crippen molar-refractivity contribution in [2.45, 2.75) is 58.3 Å². The van der Waals surface area contributed by atoms with Crippen molar-refractivity contribution in [3.8, 4) is 0 Å². The smallest absolute Gasteiger partial charge is 0.0351 e. The van der Waals surface area contributed by atoms with Crippen LogP contribution in [0.25, 0.3) is 0 Å². The molecule has 0 unspecified atom stereocenters. The maximum absolute atomic E-state index is 3.80. The van der Waals surface area contributed by atoms with Crippen molar-refractivity contribution in [3.63, 3.8) is 0 Å². The molecule has 1 radical (unpaired) electrons. The van der Waals surface area contributed by atoms with E-state index in [0.29, 0.717) is 0 Å². The van der Waals surface area contributed by atoms with Crippen molar-refractivity contribution in [1.82, 2.24) is 0 Å². The summed E-state index contributed by atoms with van der Waals surface area (Å²) in [7, 11) is 0. The Morgan fingerprint density at radius 3 is 1.79 bits per heavy atom. The summed E-state index contributed by atoms with van der Waals surface area (Å²) in [6.45, 7) is 6.02. The molecular formula is C14H25. The second kappa shape index (κ2) is 12.5. The average Bonchev–Trinajstić information content (AvgIpc) is 2.21. The standard InChI is InChI=1S/C14H25/c1-3-5-7-9-11-13-14-12-10-8-6-4-2/h7-10H,1,3-6,11-14H2,2H3. The van der Waals surface area contributed by atoms with Crippen molar-refractivity contribution in [3.05, 3.63) is 31.2 Å². The lowest BCUT2D eigenvalue weighted by atomic mass is 10.1. The normalized spacial score (nSPS) is 11.9. The lowest BCUT2D eigenvalue weighted by Gasteiger charge is -1.93. The molecule has 0 fully saturated rings. The van der Waals surface area contributed by atoms with Gasteiger partial charge < -0.3 is 0 Å². The minimum absolute atomic E-state index is 1.02. The monoisotopic (exact) mass is 193 g/mol. The molecule has 0 aromatic carbocycles. The third-order valence-corrected chi connectivity index (χ3v) is 2.15. The van der Waals surface area contributed by atoms with Gasteiger partial charge in [-0.3, -0.25) is 0 Å². The summed E-state index contributed by atoms with van der Waals surface area (Å²) in [4.78, 5) is 0. The molecule has 0 bridgehead atoms. The van der Waals surface area contributed by atoms with Gasteiger partial charge in [0.15, 0.2) is 0 Å². The molecule has 0 heterocycles. The Balaban J connectivity index is 3.05. The third-order valence-electron chi connectivity index (χ3n) is 2.15. The van der Waals surface area contributed by atoms with E-state index in [1.807, 2.05) is 0 Å². The maximum Gasteiger partial charge on any atom is -0.0351 e. The Bertz CT molecular complexity index is 124. The van der Waals surface area contributed by atoms with Gasteiger partial charge in [0, 0.05) is 0 Å². The largest absolute Gasteiger partial charge is 0.0885 e. The quantitative estimate of drug-likeness (QED) is 0.354. The van der Waals surface area contributed by atoms with Gasteiger partial charge in [-0.05, 0) is 44.9 Å². The number of rotatable bonds is 9. The van der Waals surface area contributed by atoms with E-state index in [-0.39, 0.29) is 0 Å². The van der Waals surface area contributed by atoms with E-state index in [4.69, 9.17) is 0 Å². The molecule has 0 saturated carbocycles. The van der Waals surface area contributed by atoms with Crippen LogP contribution in [0, 0.1) is 6.92 Å². The first-order chi connectivity index (χ1) is 6.91. The lowest BCUT2D eigenvalue weighted by Crippen LogP contribution is -1.73. The highest BCUT2D eigenvalue weighted by molar-refractivity contribution is 4.83. The molecule has 0 heteroatoms. The fourth-order valence-corrected chi connectivity index (χ4v) is 1.28. The zero-order valence-electron chi connectivity index (χ0n) is 9.67. The third kappa shape index (κ3) is 11.5. The number of unbranched alkanes of at least 4 members (excludes halogenated alkanes) is 5. The van der Waals surface area contributed by atoms with Crippen LogP contribution in [0.15, 0.2) is 24.3 Å². The number of allylic oxidation sites excluding steroid dienone is 4. The average molecular weight is 193 g/mol. The molecule has 0 amide bonds. The molecule has 0 aromatic heterocycles. The molecule has 0 aliphatic rings. The molecule has 0 atom stereocenters. The van der Waals surface area contributed by atoms with E-state index in [1.165, 1.54) is 38.5 Å². The zero-order chi connectivity index (χ0) is 10.5. The van der Waals surface area contributed by atoms with Crippen molar-refractivity contribution in [2.75, 3.05) is 0 Å². The molecule has 0 N–H and O–H groups in total. The fraction of sp³-hybridized carbons (Fsp3) is 0.643. The van der Waals surface area contributed by atoms with E-state index in [1.54, 1.807) is 0 Å². The SMILES string of the molecule is [CH2]CCC=CCCCCC=CCCC. The highest BCUT2D eigenvalue weighted by atomic mass is 13.9. The Morgan fingerprint density at radius 2 is 1.29 bits per heavy atom. The predicted molar refractivity (Wildman–Crippen MR) is 66.2 cm³/mol. The second-order valence-corrected chi connectivity index (χ2v) is 3.66. The van der Waals surface area contributed by atoms with Gasteiger partial charge >= 0.3 is 0 Å². The van der Waals surface area contributed by atoms with Crippen LogP contribution in [0.4, 0.5) is 0 Å². The van der Waals surface area contributed by atoms with E-state index in [9.17, 15) is 0 Å². The fourth-order valence-electron chi connectivity index (χ4n) is 1.28. The maximum atomic E-state index is 3.80. The first-order valence-electron chi connectivity index (χ1n) is 6.01. The van der Waals surface area contributed by atoms with Gasteiger partial charge in [-0.2, -0.15) is 0 Å². The molecule has 0 nitrogen and oxygen atoms in total. The Hall–Kier alpha value is -0.520. The summed E-state index contributed by atoms with van der Waals surface area (Å²) < 4.78 is 0. The van der Waals surface area contributed by atoms with Crippen LogP contribution >= 0.6 is 0 Å². The first-order valence-corrected chi connectivity index (χ1v) is 6.01. The second-order valence-electron chi connectivity index (χ2n) is 3.66. The van der Waals surface area contributed by atoms with Crippen LogP contribution in [-0.2, 0) is 0 Å². The van der Waals surface area contributed by atoms with Gasteiger partial charge in [-0.1, -0.05) is 44.6 Å². The highest BCUT2D eigenvalue weighted by Crippen LogP contribution is 2.03. The van der Waals surface area contributed by atoms with Crippen LogP contribution in [0.3, 0.4) is 0 Å². The summed E-state index contributed by atoms with van der Waals surface area (Å²) >= 11 is 0. The van der Waals surface area contributed by atoms with Gasteiger partial charge in [0.05, 0.1) is 0 Å². The van der Waals surface area contributed by atoms with E-state index in [2.05, 4.69) is 38.2 Å². The number of hydrogen-bond acceptors (Lipinski definition) is 0. The van der Waals surface area contributed by atoms with Crippen LogP contribution in [-0.4, -0.2) is 0 Å². The van der Waals surface area contributed by atoms with Gasteiger partial charge in [-0.25, -0.2) is 0 Å². The van der Waals surface area contributed by atoms with Crippen LogP contribution in [0.2, 0.25) is 0 Å². The van der Waals surface area contributed by atoms with Crippen molar-refractivity contribution in [1.29, 1.82) is 0 Å². The van der Waals surface area contributed by atoms with Crippen LogP contribution in [0.5, 0.6) is 0 Å². The molecule has 0 aliphatic carbocycles. The van der Waals surface area contributed by atoms with Crippen molar-refractivity contribution >= 4 is 0 Å². The van der Waals surface area contributed by atoms with E-state index in [0.717, 1.165) is 12.8 Å². The van der Waals surface area contributed by atoms with Gasteiger partial charge in [0.1, 0.15) is 0 Å². The Labute approximate surface area is 90.1 Å². The predicted octanol–water partition coefficient (Wildman–Crippen LogP) is 5.07. The van der Waals surface area contributed by atoms with Gasteiger partial charge in [-0.15, -0.1) is 0 Å². The van der Waals surface area contributed by atoms with E-state index >= 15 is 0 Å². The van der Waals surface area contributed by atoms with Crippen molar-refractivity contribution < 1.29 is 0 Å². The van der Waals surface area contributed by atoms with Crippen molar-refractivity contribution in [2.24, 2.45) is 0 Å². The van der Waals surface area contributed by atoms with Gasteiger partial charge in [0.25, 0.3) is 0 Å². The molecule has 81 valence electrons. The summed E-state index contributed by atoms with van der Waals surface area (Å²) in [5, 5.41) is 0. The summed E-state index contributed by atoms with van der Waals surface area (Å²) in [6.07, 6.45) is 19.0. The van der Waals surface area contributed by atoms with Gasteiger partial charge in [0.2, 0.25) is 0 Å². The Morgan fingerprint density at radius 1 is 0.786 bits per heavy atom. The first kappa shape index (κ1) is 13.5. The van der Waals surface area contributed by atoms with E-state index < -0.39 is 0 Å². The molecular weight excluding hydrogens is 168 g/mol. The van der Waals surface area contributed by atoms with Crippen LogP contribution in [0.1, 0.15) is 58.3 Å². The molecule has 0 saturated heterocycles. The summed E-state index contributed by atoms with van der Waals surface area (Å²) in [5.74, 6) is 0. The molecule has 0 aromatic rings.